The zero-order chi connectivity index (χ0) is 46.6. The molecule has 0 saturated carbocycles. The monoisotopic (exact) mass is 915 g/mol. The predicted molar refractivity (Wildman–Crippen MR) is 258 cm³/mol. The van der Waals surface area contributed by atoms with E-state index in [2.05, 4.69) is 80.1 Å². The molecule has 7 N–H and O–H groups in total. The van der Waals surface area contributed by atoms with Crippen LogP contribution in [0.1, 0.15) is 85.9 Å². The van der Waals surface area contributed by atoms with Gasteiger partial charge in [0.15, 0.2) is 0 Å². The third-order valence-corrected chi connectivity index (χ3v) is 9.74. The van der Waals surface area contributed by atoms with Gasteiger partial charge in [-0.1, -0.05) is 123 Å². The smallest absolute Gasteiger partial charge is 0.407 e. The Morgan fingerprint density at radius 1 is 0.500 bits per heavy atom. The summed E-state index contributed by atoms with van der Waals surface area (Å²) in [5, 5.41) is 22.2. The molecule has 4 aromatic carbocycles. The van der Waals surface area contributed by atoms with Gasteiger partial charge in [-0.05, 0) is 77.7 Å². The fraction of sp³-hybridized carbons (Fsp3) is 0.333. The van der Waals surface area contributed by atoms with Crippen molar-refractivity contribution in [2.45, 2.75) is 98.4 Å². The summed E-state index contributed by atoms with van der Waals surface area (Å²) in [5.74, 6) is 1.95. The van der Waals surface area contributed by atoms with Crippen LogP contribution in [0.25, 0.3) is 0 Å². The van der Waals surface area contributed by atoms with Crippen molar-refractivity contribution in [1.82, 2.24) is 40.5 Å². The summed E-state index contributed by atoms with van der Waals surface area (Å²) in [4.78, 5) is 51.5. The molecule has 0 spiro atoms. The quantitative estimate of drug-likeness (QED) is 0.0299. The van der Waals surface area contributed by atoms with Crippen LogP contribution >= 0.6 is 11.6 Å². The van der Waals surface area contributed by atoms with Crippen LogP contribution in [0.4, 0.5) is 39.3 Å². The molecule has 2 aromatic heterocycles. The van der Waals surface area contributed by atoms with Crippen LogP contribution in [0.2, 0.25) is 5.28 Å². The Morgan fingerprint density at radius 3 is 1.33 bits per heavy atom. The van der Waals surface area contributed by atoms with Gasteiger partial charge in [0.2, 0.25) is 35.0 Å². The van der Waals surface area contributed by atoms with Crippen LogP contribution in [0.5, 0.6) is 0 Å². The summed E-state index contributed by atoms with van der Waals surface area (Å²) in [5.41, 5.74) is 6.16. The highest BCUT2D eigenvalue weighted by Crippen LogP contribution is 2.17. The number of nitrogens with one attached hydrogen (secondary N) is 7. The number of carbonyl (C=O) groups excluding carboxylic acids is 2. The number of benzene rings is 4. The molecule has 6 aromatic rings. The van der Waals surface area contributed by atoms with Crippen LogP contribution in [0.15, 0.2) is 103 Å². The van der Waals surface area contributed by atoms with E-state index in [0.29, 0.717) is 69.0 Å². The first kappa shape index (κ1) is 48.2. The van der Waals surface area contributed by atoms with Crippen molar-refractivity contribution in [3.05, 3.63) is 147 Å². The number of nitrogens with zero attached hydrogens (tertiary/aromatic N) is 6. The lowest BCUT2D eigenvalue weighted by molar-refractivity contribution is 0.0523. The summed E-state index contributed by atoms with van der Waals surface area (Å²) in [6.45, 7) is 11.0. The lowest BCUT2D eigenvalue weighted by Crippen LogP contribution is -2.32. The summed E-state index contributed by atoms with van der Waals surface area (Å²) in [6, 6.07) is 33.4. The molecular weight excluding hydrogens is 858 g/mol. The van der Waals surface area contributed by atoms with Crippen LogP contribution < -0.4 is 37.2 Å². The number of rotatable bonds is 23. The SMILES string of the molecule is CCCCCNc1nc(NCc2cccc(CNC(=O)OCc3ccccc3)c2)nc(NCc2cccc(CNc3nc(Cl)nc(NCc4cccc(CNC(=O)OC(C)(C)C)c4)n3)c2)n1. The van der Waals surface area contributed by atoms with Gasteiger partial charge < -0.3 is 46.7 Å². The maximum atomic E-state index is 12.3. The molecule has 2 amide bonds. The molecule has 6 rings (SSSR count). The van der Waals surface area contributed by atoms with E-state index < -0.39 is 17.8 Å². The van der Waals surface area contributed by atoms with Gasteiger partial charge in [-0.25, -0.2) is 9.59 Å². The molecule has 2 heterocycles. The Bertz CT molecular complexity index is 2490. The number of aromatic nitrogens is 6. The number of hydrogen-bond acceptors (Lipinski definition) is 15. The van der Waals surface area contributed by atoms with Crippen LogP contribution in [-0.4, -0.2) is 54.2 Å². The fourth-order valence-corrected chi connectivity index (χ4v) is 6.57. The maximum absolute atomic E-state index is 12.3. The second-order valence-corrected chi connectivity index (χ2v) is 16.7. The number of halogens is 1. The molecule has 0 radical (unpaired) electrons. The molecule has 0 aliphatic carbocycles. The minimum absolute atomic E-state index is 0.0495. The summed E-state index contributed by atoms with van der Waals surface area (Å²) in [6.07, 6.45) is 2.25. The molecule has 66 heavy (non-hydrogen) atoms. The van der Waals surface area contributed by atoms with Crippen molar-refractivity contribution in [3.63, 3.8) is 0 Å². The highest BCUT2D eigenvalue weighted by molar-refractivity contribution is 6.28. The van der Waals surface area contributed by atoms with Gasteiger partial charge in [0.1, 0.15) is 12.2 Å². The fourth-order valence-electron chi connectivity index (χ4n) is 6.41. The first-order valence-corrected chi connectivity index (χ1v) is 22.3. The molecule has 0 atom stereocenters. The zero-order valence-electron chi connectivity index (χ0n) is 37.8. The number of unbranched alkanes of at least 4 members (excludes halogenated alkanes) is 2. The first-order chi connectivity index (χ1) is 31.9. The first-order valence-electron chi connectivity index (χ1n) is 22.0. The third-order valence-electron chi connectivity index (χ3n) is 9.57. The van der Waals surface area contributed by atoms with Gasteiger partial charge in [0, 0.05) is 45.8 Å². The maximum Gasteiger partial charge on any atom is 0.407 e. The molecule has 0 aliphatic rings. The molecule has 0 bridgehead atoms. The average molecular weight is 917 g/mol. The van der Waals surface area contributed by atoms with Crippen molar-refractivity contribution in [2.24, 2.45) is 0 Å². The topological polar surface area (TPSA) is 214 Å². The van der Waals surface area contributed by atoms with E-state index in [1.807, 2.05) is 118 Å². The van der Waals surface area contributed by atoms with Gasteiger partial charge in [-0.15, -0.1) is 0 Å². The molecule has 0 saturated heterocycles. The second kappa shape index (κ2) is 24.7. The van der Waals surface area contributed by atoms with E-state index in [-0.39, 0.29) is 11.9 Å². The van der Waals surface area contributed by atoms with Crippen molar-refractivity contribution < 1.29 is 19.1 Å². The van der Waals surface area contributed by atoms with Crippen molar-refractivity contribution >= 4 is 53.5 Å². The van der Waals surface area contributed by atoms with Gasteiger partial charge in [-0.3, -0.25) is 0 Å². The lowest BCUT2D eigenvalue weighted by Gasteiger charge is -2.19. The van der Waals surface area contributed by atoms with Crippen molar-refractivity contribution in [2.75, 3.05) is 33.1 Å². The highest BCUT2D eigenvalue weighted by Gasteiger charge is 2.16. The summed E-state index contributed by atoms with van der Waals surface area (Å²) >= 11 is 6.30. The van der Waals surface area contributed by atoms with E-state index in [1.165, 1.54) is 0 Å². The molecule has 0 unspecified atom stereocenters. The summed E-state index contributed by atoms with van der Waals surface area (Å²) in [7, 11) is 0. The minimum atomic E-state index is -0.572. The molecular formula is C48H58ClN13O4. The van der Waals surface area contributed by atoms with E-state index in [4.69, 9.17) is 21.1 Å². The van der Waals surface area contributed by atoms with E-state index in [9.17, 15) is 9.59 Å². The van der Waals surface area contributed by atoms with Gasteiger partial charge in [0.25, 0.3) is 0 Å². The number of alkyl carbamates (subject to hydrolysis) is 2. The normalized spacial score (nSPS) is 11.0. The van der Waals surface area contributed by atoms with Crippen LogP contribution in [-0.2, 0) is 55.3 Å². The Hall–Kier alpha value is -7.27. The lowest BCUT2D eigenvalue weighted by atomic mass is 10.1. The largest absolute Gasteiger partial charge is 0.445 e. The number of hydrogen-bond donors (Lipinski definition) is 7. The molecule has 0 fully saturated rings. The molecule has 346 valence electrons. The third kappa shape index (κ3) is 17.4. The zero-order valence-corrected chi connectivity index (χ0v) is 38.5. The van der Waals surface area contributed by atoms with E-state index >= 15 is 0 Å². The Kier molecular flexibility index (Phi) is 18.0. The van der Waals surface area contributed by atoms with Gasteiger partial charge in [-0.2, -0.15) is 29.9 Å². The summed E-state index contributed by atoms with van der Waals surface area (Å²) < 4.78 is 10.7. The average Bonchev–Trinajstić information content (AvgIpc) is 3.31. The number of amides is 2. The molecule has 0 aliphatic heterocycles. The number of anilines is 5. The molecule has 17 nitrogen and oxygen atoms in total. The van der Waals surface area contributed by atoms with Gasteiger partial charge in [0.05, 0.1) is 0 Å². The number of ether oxygens (including phenoxy) is 2. The van der Waals surface area contributed by atoms with E-state index in [1.54, 1.807) is 0 Å². The second-order valence-electron chi connectivity index (χ2n) is 16.3. The predicted octanol–water partition coefficient (Wildman–Crippen LogP) is 9.21. The van der Waals surface area contributed by atoms with E-state index in [0.717, 1.165) is 64.8 Å². The van der Waals surface area contributed by atoms with Gasteiger partial charge >= 0.3 is 12.2 Å². The Labute approximate surface area is 390 Å². The Balaban J connectivity index is 1.01. The minimum Gasteiger partial charge on any atom is -0.445 e. The molecule has 18 heteroatoms. The number of carbonyl (C=O) groups is 2. The Morgan fingerprint density at radius 2 is 0.894 bits per heavy atom. The van der Waals surface area contributed by atoms with Crippen molar-refractivity contribution in [3.8, 4) is 0 Å². The van der Waals surface area contributed by atoms with Crippen molar-refractivity contribution in [1.29, 1.82) is 0 Å². The van der Waals surface area contributed by atoms with Crippen LogP contribution in [0, 0.1) is 0 Å². The standard InChI is InChI=1S/C48H58ClN13O4/c1-5-6-10-22-50-41-59-44(62-45(60-41)54-29-37-19-12-20-38(24-37)30-55-46(63)65-32-33-14-8-7-9-15-33)53-28-35-17-11-16-34(23-35)26-51-42-57-40(49)58-43(61-42)52-27-36-18-13-21-39(25-36)31-56-47(64)66-48(2,3)4/h7-9,11-21,23-25H,5-6,10,22,26-32H2,1-4H3,(H,55,63)(H,56,64)(H2,51,52,57,58,61)(H3,50,53,54,59,60,62). The highest BCUT2D eigenvalue weighted by atomic mass is 35.5. The van der Waals surface area contributed by atoms with Crippen LogP contribution in [0.3, 0.4) is 0 Å².